The average molecular weight is 307 g/mol. The Morgan fingerprint density at radius 2 is 2.38 bits per heavy atom. The number of nitrogens with zero attached hydrogens (tertiary/aromatic N) is 3. The quantitative estimate of drug-likeness (QED) is 0.888. The van der Waals surface area contributed by atoms with Crippen LogP contribution in [-0.4, -0.2) is 45.9 Å². The van der Waals surface area contributed by atoms with E-state index < -0.39 is 0 Å². The van der Waals surface area contributed by atoms with Gasteiger partial charge in [0.1, 0.15) is 0 Å². The Morgan fingerprint density at radius 1 is 1.43 bits per heavy atom. The van der Waals surface area contributed by atoms with Gasteiger partial charge in [0.25, 0.3) is 0 Å². The average Bonchev–Trinajstić information content (AvgIpc) is 3.18. The minimum absolute atomic E-state index is 0.267. The maximum Gasteiger partial charge on any atom is 0.227 e. The van der Waals surface area contributed by atoms with Crippen LogP contribution < -0.4 is 0 Å². The van der Waals surface area contributed by atoms with Crippen molar-refractivity contribution >= 4 is 11.3 Å². The lowest BCUT2D eigenvalue weighted by atomic mass is 10.0. The van der Waals surface area contributed by atoms with Crippen LogP contribution in [0, 0.1) is 0 Å². The summed E-state index contributed by atoms with van der Waals surface area (Å²) >= 11 is 1.62. The molecule has 0 radical (unpaired) electrons. The van der Waals surface area contributed by atoms with Gasteiger partial charge in [0.15, 0.2) is 0 Å². The largest absolute Gasteiger partial charge is 0.395 e. The predicted molar refractivity (Wildman–Crippen MR) is 82.2 cm³/mol. The van der Waals surface area contributed by atoms with Gasteiger partial charge in [-0.15, -0.1) is 11.3 Å². The third kappa shape index (κ3) is 3.70. The van der Waals surface area contributed by atoms with E-state index in [1.54, 1.807) is 11.3 Å². The molecular formula is C15H21N3O2S. The molecule has 1 fully saturated rings. The summed E-state index contributed by atoms with van der Waals surface area (Å²) in [7, 11) is 0. The first-order chi connectivity index (χ1) is 10.4. The van der Waals surface area contributed by atoms with Crippen molar-refractivity contribution in [3.8, 4) is 10.7 Å². The topological polar surface area (TPSA) is 62.4 Å². The Morgan fingerprint density at radius 3 is 3.19 bits per heavy atom. The van der Waals surface area contributed by atoms with Crippen LogP contribution in [0.1, 0.15) is 31.6 Å². The van der Waals surface area contributed by atoms with Crippen LogP contribution in [0.25, 0.3) is 10.7 Å². The molecule has 6 heteroatoms. The van der Waals surface area contributed by atoms with Crippen molar-refractivity contribution in [3.63, 3.8) is 0 Å². The highest BCUT2D eigenvalue weighted by Gasteiger charge is 2.21. The summed E-state index contributed by atoms with van der Waals surface area (Å²) in [4.78, 5) is 7.87. The zero-order chi connectivity index (χ0) is 14.5. The van der Waals surface area contributed by atoms with Gasteiger partial charge in [-0.25, -0.2) is 0 Å². The fraction of sp³-hybridized carbons (Fsp3) is 0.600. The molecule has 1 unspecified atom stereocenters. The molecule has 2 aromatic rings. The van der Waals surface area contributed by atoms with E-state index in [9.17, 15) is 5.11 Å². The second-order valence-electron chi connectivity index (χ2n) is 5.46. The second-order valence-corrected chi connectivity index (χ2v) is 6.41. The number of likely N-dealkylation sites (tertiary alicyclic amines) is 1. The highest BCUT2D eigenvalue weighted by atomic mass is 32.1. The first-order valence-electron chi connectivity index (χ1n) is 7.58. The summed E-state index contributed by atoms with van der Waals surface area (Å²) in [6.45, 7) is 2.35. The van der Waals surface area contributed by atoms with Gasteiger partial charge in [-0.2, -0.15) is 4.98 Å². The number of piperidine rings is 1. The number of aryl methyl sites for hydroxylation is 1. The van der Waals surface area contributed by atoms with Crippen LogP contribution in [0.5, 0.6) is 0 Å². The van der Waals surface area contributed by atoms with Crippen LogP contribution in [0.4, 0.5) is 0 Å². The van der Waals surface area contributed by atoms with Crippen molar-refractivity contribution in [2.24, 2.45) is 0 Å². The van der Waals surface area contributed by atoms with Crippen molar-refractivity contribution in [2.75, 3.05) is 19.7 Å². The molecule has 0 spiro atoms. The van der Waals surface area contributed by atoms with E-state index in [4.69, 9.17) is 4.52 Å². The Kier molecular flexibility index (Phi) is 5.00. The van der Waals surface area contributed by atoms with Crippen LogP contribution >= 0.6 is 11.3 Å². The Balaban J connectivity index is 1.49. The fourth-order valence-corrected chi connectivity index (χ4v) is 3.51. The molecule has 0 saturated carbocycles. The van der Waals surface area contributed by atoms with E-state index >= 15 is 0 Å². The molecule has 1 aliphatic heterocycles. The number of rotatable bonds is 6. The lowest BCUT2D eigenvalue weighted by Crippen LogP contribution is -2.42. The van der Waals surface area contributed by atoms with Crippen LogP contribution in [-0.2, 0) is 6.42 Å². The van der Waals surface area contributed by atoms with E-state index in [-0.39, 0.29) is 6.61 Å². The Labute approximate surface area is 128 Å². The molecule has 2 aromatic heterocycles. The number of aliphatic hydroxyl groups is 1. The number of hydrogen-bond donors (Lipinski definition) is 1. The molecule has 0 bridgehead atoms. The molecule has 1 N–H and O–H groups in total. The normalized spacial score (nSPS) is 20.0. The van der Waals surface area contributed by atoms with Crippen molar-refractivity contribution < 1.29 is 9.63 Å². The van der Waals surface area contributed by atoms with Crippen molar-refractivity contribution in [3.05, 3.63) is 23.4 Å². The van der Waals surface area contributed by atoms with Gasteiger partial charge in [0, 0.05) is 12.5 Å². The number of thiophene rings is 1. The predicted octanol–water partition coefficient (Wildman–Crippen LogP) is 2.58. The van der Waals surface area contributed by atoms with Gasteiger partial charge in [-0.1, -0.05) is 17.6 Å². The van der Waals surface area contributed by atoms with E-state index in [1.165, 1.54) is 12.8 Å². The highest BCUT2D eigenvalue weighted by molar-refractivity contribution is 7.13. The van der Waals surface area contributed by atoms with Crippen LogP contribution in [0.15, 0.2) is 22.0 Å². The minimum atomic E-state index is 0.267. The lowest BCUT2D eigenvalue weighted by molar-refractivity contribution is 0.0888. The van der Waals surface area contributed by atoms with Crippen LogP contribution in [0.2, 0.25) is 0 Å². The zero-order valence-corrected chi connectivity index (χ0v) is 12.9. The van der Waals surface area contributed by atoms with Crippen molar-refractivity contribution in [2.45, 2.75) is 38.1 Å². The summed E-state index contributed by atoms with van der Waals surface area (Å²) in [6.07, 6.45) is 5.37. The summed E-state index contributed by atoms with van der Waals surface area (Å²) in [5.74, 6) is 1.39. The molecule has 3 heterocycles. The maximum atomic E-state index is 9.41. The highest BCUT2D eigenvalue weighted by Crippen LogP contribution is 2.22. The van der Waals surface area contributed by atoms with Crippen molar-refractivity contribution in [1.29, 1.82) is 0 Å². The monoisotopic (exact) mass is 307 g/mol. The van der Waals surface area contributed by atoms with Gasteiger partial charge < -0.3 is 9.63 Å². The molecule has 0 aliphatic carbocycles. The lowest BCUT2D eigenvalue weighted by Gasteiger charge is -2.34. The standard InChI is InChI=1S/C15H21N3O2S/c19-11-12-5-1-2-8-18(12)9-3-7-14-16-15(17-20-14)13-6-4-10-21-13/h4,6,10,12,19H,1-3,5,7-9,11H2. The third-order valence-corrected chi connectivity index (χ3v) is 4.87. The van der Waals surface area contributed by atoms with E-state index in [2.05, 4.69) is 15.0 Å². The fourth-order valence-electron chi connectivity index (χ4n) is 2.86. The number of hydrogen-bond acceptors (Lipinski definition) is 6. The first-order valence-corrected chi connectivity index (χ1v) is 8.46. The molecule has 3 rings (SSSR count). The van der Waals surface area contributed by atoms with Gasteiger partial charge in [-0.3, -0.25) is 4.90 Å². The van der Waals surface area contributed by atoms with Crippen molar-refractivity contribution in [1.82, 2.24) is 15.0 Å². The molecule has 114 valence electrons. The molecule has 1 saturated heterocycles. The van der Waals surface area contributed by atoms with E-state index in [1.807, 2.05) is 17.5 Å². The van der Waals surface area contributed by atoms with Gasteiger partial charge >= 0.3 is 0 Å². The summed E-state index contributed by atoms with van der Waals surface area (Å²) in [5.41, 5.74) is 0. The molecule has 1 atom stereocenters. The maximum absolute atomic E-state index is 9.41. The van der Waals surface area contributed by atoms with E-state index in [0.29, 0.717) is 17.8 Å². The van der Waals surface area contributed by atoms with Gasteiger partial charge in [-0.05, 0) is 43.8 Å². The summed E-state index contributed by atoms with van der Waals surface area (Å²) in [6, 6.07) is 4.32. The Bertz CT molecular complexity index is 541. The van der Waals surface area contributed by atoms with Crippen LogP contribution in [0.3, 0.4) is 0 Å². The second kappa shape index (κ2) is 7.15. The molecule has 0 aromatic carbocycles. The van der Waals surface area contributed by atoms with E-state index in [0.717, 1.165) is 37.2 Å². The smallest absolute Gasteiger partial charge is 0.227 e. The molecule has 1 aliphatic rings. The molecule has 21 heavy (non-hydrogen) atoms. The summed E-state index contributed by atoms with van der Waals surface area (Å²) in [5, 5.41) is 15.4. The molecular weight excluding hydrogens is 286 g/mol. The molecule has 5 nitrogen and oxygen atoms in total. The third-order valence-electron chi connectivity index (χ3n) is 4.01. The Hall–Kier alpha value is -1.24. The van der Waals surface area contributed by atoms with Gasteiger partial charge in [0.05, 0.1) is 11.5 Å². The SMILES string of the molecule is OCC1CCCCN1CCCc1nc(-c2cccs2)no1. The van der Waals surface area contributed by atoms with Gasteiger partial charge in [0.2, 0.25) is 11.7 Å². The molecule has 0 amide bonds. The first kappa shape index (κ1) is 14.7. The summed E-state index contributed by atoms with van der Waals surface area (Å²) < 4.78 is 5.31. The number of aliphatic hydroxyl groups excluding tert-OH is 1. The zero-order valence-electron chi connectivity index (χ0n) is 12.1. The number of aromatic nitrogens is 2. The minimum Gasteiger partial charge on any atom is -0.395 e.